The fourth-order valence-corrected chi connectivity index (χ4v) is 16.2. The number of furan rings is 1. The zero-order valence-corrected chi connectivity index (χ0v) is 38.1. The maximum atomic E-state index is 11.8. The number of nitrogens with two attached hydrogens (primary N) is 1. The first-order valence-electron chi connectivity index (χ1n) is 25.2. The van der Waals surface area contributed by atoms with Crippen molar-refractivity contribution in [3.63, 3.8) is 0 Å². The maximum Gasteiger partial charge on any atom is 0.188 e. The summed E-state index contributed by atoms with van der Waals surface area (Å²) in [6, 6.07) is 17.4. The van der Waals surface area contributed by atoms with Crippen molar-refractivity contribution >= 4 is 16.7 Å². The first kappa shape index (κ1) is 42.1. The quantitative estimate of drug-likeness (QED) is 0.112. The van der Waals surface area contributed by atoms with Crippen LogP contribution in [0.1, 0.15) is 140 Å². The van der Waals surface area contributed by atoms with Crippen LogP contribution < -0.4 is 11.1 Å². The number of aliphatic hydroxyl groups excluding tert-OH is 1. The molecular weight excluding hydrogens is 779 g/mol. The summed E-state index contributed by atoms with van der Waals surface area (Å²) in [6.07, 6.45) is 23.1. The summed E-state index contributed by atoms with van der Waals surface area (Å²) in [5, 5.41) is 28.3. The van der Waals surface area contributed by atoms with E-state index in [0.717, 1.165) is 62.1 Å². The molecule has 8 aliphatic rings. The molecule has 7 nitrogen and oxygen atoms in total. The molecular formula is C56H73N3O4. The van der Waals surface area contributed by atoms with Crippen molar-refractivity contribution < 1.29 is 19.4 Å². The van der Waals surface area contributed by atoms with Crippen LogP contribution in [0.5, 0.6) is 0 Å². The van der Waals surface area contributed by atoms with Crippen LogP contribution in [0.15, 0.2) is 82.6 Å². The molecule has 0 amide bonds. The average Bonchev–Trinajstić information content (AvgIpc) is 3.73. The number of epoxide rings is 1. The lowest BCUT2D eigenvalue weighted by atomic mass is 9.46. The largest absolute Gasteiger partial charge is 0.471 e. The number of ether oxygens (including phenoxy) is 1. The van der Waals surface area contributed by atoms with E-state index in [-0.39, 0.29) is 35.0 Å². The molecule has 11 rings (SSSR count). The third-order valence-electron chi connectivity index (χ3n) is 19.6. The van der Waals surface area contributed by atoms with Crippen molar-refractivity contribution in [2.45, 2.75) is 165 Å². The van der Waals surface area contributed by atoms with Crippen LogP contribution >= 0.6 is 0 Å². The molecule has 6 saturated carbocycles. The van der Waals surface area contributed by atoms with Gasteiger partial charge in [-0.3, -0.25) is 4.99 Å². The van der Waals surface area contributed by atoms with E-state index in [1.54, 1.807) is 0 Å². The molecule has 1 saturated heterocycles. The van der Waals surface area contributed by atoms with E-state index in [9.17, 15) is 10.2 Å². The molecule has 63 heavy (non-hydrogen) atoms. The number of hydrogen-bond donors (Lipinski definition) is 4. The van der Waals surface area contributed by atoms with Crippen LogP contribution in [0.3, 0.4) is 0 Å². The molecule has 5 N–H and O–H groups in total. The van der Waals surface area contributed by atoms with Gasteiger partial charge in [0.15, 0.2) is 5.96 Å². The van der Waals surface area contributed by atoms with Crippen LogP contribution in [-0.4, -0.2) is 52.2 Å². The van der Waals surface area contributed by atoms with Gasteiger partial charge in [-0.15, -0.1) is 5.92 Å². The predicted octanol–water partition coefficient (Wildman–Crippen LogP) is 10.5. The van der Waals surface area contributed by atoms with E-state index < -0.39 is 5.60 Å². The summed E-state index contributed by atoms with van der Waals surface area (Å²) in [4.78, 5) is 5.08. The molecule has 3 heterocycles. The van der Waals surface area contributed by atoms with Crippen LogP contribution in [0.25, 0.3) is 10.8 Å². The Morgan fingerprint density at radius 3 is 2.54 bits per heavy atom. The number of fused-ring (bicyclic) bond motifs is 5. The Morgan fingerprint density at radius 1 is 0.857 bits per heavy atom. The molecule has 0 bridgehead atoms. The standard InChI is InChI=1S/C56H73N3O4/c1-35-27-55(24-21-40(28-55)39-16-17-42-19-20-44(60)30-56(42,61)29-39)51-54(3,63-51)23-22-49-46(35)31-53(49,2)43-18-15-38(26-43)50-14-8-11-37(25-36-9-5-4-6-10-36)47(32-58-52(57)59-50)45-13-7-12-41-33-62-34-48(41)45/h4-7,9-10,12-13,33-34,37-40,42-44,46-47,49-51,60-61H,1,14-32H2,2-3H3,(H3,57,58,59). The Labute approximate surface area is 376 Å². The average molecular weight is 852 g/mol. The second-order valence-corrected chi connectivity index (χ2v) is 23.1. The summed E-state index contributed by atoms with van der Waals surface area (Å²) >= 11 is 0. The fraction of sp³-hybridized carbons (Fsp3) is 0.661. The van der Waals surface area contributed by atoms with E-state index in [1.165, 1.54) is 74.5 Å². The van der Waals surface area contributed by atoms with E-state index >= 15 is 0 Å². The lowest BCUT2D eigenvalue weighted by molar-refractivity contribution is -0.127. The number of hydrogen-bond acceptors (Lipinski definition) is 7. The highest BCUT2D eigenvalue weighted by Crippen LogP contribution is 2.69. The van der Waals surface area contributed by atoms with Crippen LogP contribution in [0.4, 0.5) is 0 Å². The summed E-state index contributed by atoms with van der Waals surface area (Å²) in [7, 11) is 0. The maximum absolute atomic E-state index is 11.8. The molecule has 6 aliphatic carbocycles. The SMILES string of the molecule is C=C1CC2(CCC(C3CCC4CCC(O)CC4(O)C3)C2)C2OC2(C)CCC2C1CC2(C)C1CCC(C2CC#CC(Cc3ccccc3)C(c3cccc4cocc34)CN=C(N)N2)C1. The zero-order chi connectivity index (χ0) is 43.1. The highest BCUT2D eigenvalue weighted by molar-refractivity contribution is 5.85. The number of nitrogens with zero attached hydrogens (tertiary/aromatic N) is 1. The number of rotatable bonds is 6. The number of benzene rings is 2. The van der Waals surface area contributed by atoms with Crippen LogP contribution in [0, 0.1) is 70.0 Å². The van der Waals surface area contributed by atoms with Gasteiger partial charge in [0, 0.05) is 46.9 Å². The van der Waals surface area contributed by atoms with Crippen molar-refractivity contribution in [1.29, 1.82) is 0 Å². The lowest BCUT2D eigenvalue weighted by Crippen LogP contribution is -2.51. The molecule has 2 aliphatic heterocycles. The van der Waals surface area contributed by atoms with E-state index in [1.807, 2.05) is 12.5 Å². The number of aliphatic imine (C=N–C) groups is 1. The summed E-state index contributed by atoms with van der Waals surface area (Å²) in [5.41, 5.74) is 10.6. The normalized spacial score (nSPS) is 44.9. The van der Waals surface area contributed by atoms with Crippen molar-refractivity contribution in [3.05, 3.63) is 84.3 Å². The highest BCUT2D eigenvalue weighted by Gasteiger charge is 2.67. The van der Waals surface area contributed by atoms with Crippen molar-refractivity contribution in [1.82, 2.24) is 5.32 Å². The minimum atomic E-state index is -0.671. The molecule has 0 radical (unpaired) electrons. The van der Waals surface area contributed by atoms with Gasteiger partial charge in [-0.25, -0.2) is 0 Å². The molecule has 2 aromatic carbocycles. The third kappa shape index (κ3) is 7.60. The van der Waals surface area contributed by atoms with Crippen molar-refractivity contribution in [3.8, 4) is 11.8 Å². The van der Waals surface area contributed by atoms with E-state index in [0.29, 0.717) is 71.9 Å². The van der Waals surface area contributed by atoms with Gasteiger partial charge in [0.25, 0.3) is 0 Å². The fourth-order valence-electron chi connectivity index (χ4n) is 16.2. The topological polar surface area (TPSA) is 117 Å². The lowest BCUT2D eigenvalue weighted by Gasteiger charge is -2.58. The number of allylic oxidation sites excluding steroid dienone is 1. The molecule has 1 spiro atoms. The van der Waals surface area contributed by atoms with Gasteiger partial charge < -0.3 is 30.4 Å². The predicted molar refractivity (Wildman–Crippen MR) is 251 cm³/mol. The Hall–Kier alpha value is -3.57. The number of aliphatic hydroxyl groups is 2. The Kier molecular flexibility index (Phi) is 10.8. The van der Waals surface area contributed by atoms with Gasteiger partial charge in [-0.2, -0.15) is 0 Å². The zero-order valence-electron chi connectivity index (χ0n) is 38.1. The Bertz CT molecular complexity index is 2280. The minimum absolute atomic E-state index is 0.0277. The Balaban J connectivity index is 0.775. The molecule has 3 aromatic rings. The summed E-state index contributed by atoms with van der Waals surface area (Å²) in [5.74, 6) is 12.3. The second-order valence-electron chi connectivity index (χ2n) is 23.1. The van der Waals surface area contributed by atoms with E-state index in [2.05, 4.69) is 79.5 Å². The number of guanidine groups is 1. The van der Waals surface area contributed by atoms with Crippen molar-refractivity contribution in [2.75, 3.05) is 6.54 Å². The molecule has 336 valence electrons. The van der Waals surface area contributed by atoms with Gasteiger partial charge in [-0.05, 0) is 168 Å². The van der Waals surface area contributed by atoms with Crippen molar-refractivity contribution in [2.24, 2.45) is 68.9 Å². The van der Waals surface area contributed by atoms with Crippen LogP contribution in [-0.2, 0) is 11.2 Å². The smallest absolute Gasteiger partial charge is 0.188 e. The van der Waals surface area contributed by atoms with Crippen LogP contribution in [0.2, 0.25) is 0 Å². The molecule has 7 fully saturated rings. The van der Waals surface area contributed by atoms with Gasteiger partial charge in [0.05, 0.1) is 42.5 Å². The first-order valence-corrected chi connectivity index (χ1v) is 25.2. The summed E-state index contributed by atoms with van der Waals surface area (Å²) < 4.78 is 12.6. The van der Waals surface area contributed by atoms with E-state index in [4.69, 9.17) is 26.5 Å². The van der Waals surface area contributed by atoms with Gasteiger partial charge in [0.1, 0.15) is 0 Å². The monoisotopic (exact) mass is 852 g/mol. The minimum Gasteiger partial charge on any atom is -0.471 e. The van der Waals surface area contributed by atoms with Gasteiger partial charge in [0.2, 0.25) is 0 Å². The second kappa shape index (κ2) is 16.1. The summed E-state index contributed by atoms with van der Waals surface area (Å²) in [6.45, 7) is 10.6. The molecule has 16 unspecified atom stereocenters. The molecule has 16 atom stereocenters. The molecule has 1 aromatic heterocycles. The Morgan fingerprint density at radius 2 is 1.67 bits per heavy atom. The highest BCUT2D eigenvalue weighted by atomic mass is 16.6. The number of nitrogens with one attached hydrogen (secondary N) is 1. The van der Waals surface area contributed by atoms with Gasteiger partial charge >= 0.3 is 0 Å². The first-order chi connectivity index (χ1) is 30.4. The van der Waals surface area contributed by atoms with Gasteiger partial charge in [-0.1, -0.05) is 73.5 Å². The molecule has 7 heteroatoms. The third-order valence-corrected chi connectivity index (χ3v) is 19.6.